The Balaban J connectivity index is 2.26. The van der Waals surface area contributed by atoms with Crippen LogP contribution in [0.3, 0.4) is 0 Å². The van der Waals surface area contributed by atoms with Gasteiger partial charge in [-0.25, -0.2) is 0 Å². The first-order valence-corrected chi connectivity index (χ1v) is 6.29. The van der Waals surface area contributed by atoms with E-state index in [9.17, 15) is 0 Å². The Morgan fingerprint density at radius 2 is 2.00 bits per heavy atom. The first-order chi connectivity index (χ1) is 8.08. The molecule has 2 nitrogen and oxygen atoms in total. The minimum Gasteiger partial charge on any atom is -0.361 e. The Morgan fingerprint density at radius 3 is 2.59 bits per heavy atom. The van der Waals surface area contributed by atoms with Crippen molar-refractivity contribution >= 4 is 0 Å². The molecular formula is C15H23NO. The van der Waals surface area contributed by atoms with Gasteiger partial charge in [0.2, 0.25) is 0 Å². The first kappa shape index (κ1) is 13.8. The lowest BCUT2D eigenvalue weighted by atomic mass is 10.1. The maximum atomic E-state index is 5.17. The van der Waals surface area contributed by atoms with Crippen LogP contribution in [0.25, 0.3) is 0 Å². The first-order valence-electron chi connectivity index (χ1n) is 6.29. The van der Waals surface area contributed by atoms with Gasteiger partial charge in [0, 0.05) is 12.5 Å². The third-order valence-corrected chi connectivity index (χ3v) is 2.65. The van der Waals surface area contributed by atoms with Crippen molar-refractivity contribution in [3.63, 3.8) is 0 Å². The topological polar surface area (TPSA) is 26.0 Å². The van der Waals surface area contributed by atoms with Crippen LogP contribution in [-0.4, -0.2) is 5.16 Å². The van der Waals surface area contributed by atoms with Gasteiger partial charge in [0.15, 0.2) is 0 Å². The van der Waals surface area contributed by atoms with Crippen LogP contribution in [0.4, 0.5) is 0 Å². The Bertz CT molecular complexity index is 395. The van der Waals surface area contributed by atoms with E-state index in [0.29, 0.717) is 0 Å². The Morgan fingerprint density at radius 1 is 1.24 bits per heavy atom. The summed E-state index contributed by atoms with van der Waals surface area (Å²) in [6, 6.07) is 2.01. The van der Waals surface area contributed by atoms with Gasteiger partial charge in [0.1, 0.15) is 5.76 Å². The summed E-state index contributed by atoms with van der Waals surface area (Å²) in [5, 5.41) is 3.88. The Hall–Kier alpha value is -1.31. The average Bonchev–Trinajstić information content (AvgIpc) is 2.63. The van der Waals surface area contributed by atoms with Crippen molar-refractivity contribution in [3.05, 3.63) is 40.8 Å². The number of nitrogens with zero attached hydrogens (tertiary/aromatic N) is 1. The predicted molar refractivity (Wildman–Crippen MR) is 72.0 cm³/mol. The summed E-state index contributed by atoms with van der Waals surface area (Å²) in [6.45, 7) is 8.44. The quantitative estimate of drug-likeness (QED) is 0.671. The standard InChI is InChI=1S/C15H23NO/c1-12(2)7-5-8-13(3)9-6-10-15-11-14(4)16-17-15/h7,9,11H,5-6,8,10H2,1-4H3/b13-9+. The molecule has 1 rings (SSSR count). The van der Waals surface area contributed by atoms with Crippen LogP contribution in [0.15, 0.2) is 33.9 Å². The molecule has 1 heterocycles. The van der Waals surface area contributed by atoms with Gasteiger partial charge in [-0.15, -0.1) is 0 Å². The molecule has 17 heavy (non-hydrogen) atoms. The summed E-state index contributed by atoms with van der Waals surface area (Å²) in [6.07, 6.45) is 8.87. The second kappa shape index (κ2) is 7.10. The van der Waals surface area contributed by atoms with Crippen molar-refractivity contribution < 1.29 is 4.52 Å². The molecule has 0 bridgehead atoms. The van der Waals surface area contributed by atoms with Gasteiger partial charge in [-0.1, -0.05) is 28.5 Å². The highest BCUT2D eigenvalue weighted by molar-refractivity contribution is 5.06. The Labute approximate surface area is 104 Å². The number of aryl methyl sites for hydroxylation is 2. The molecule has 1 aromatic rings. The van der Waals surface area contributed by atoms with Gasteiger partial charge < -0.3 is 4.52 Å². The highest BCUT2D eigenvalue weighted by atomic mass is 16.5. The van der Waals surface area contributed by atoms with Crippen LogP contribution in [0.2, 0.25) is 0 Å². The maximum Gasteiger partial charge on any atom is 0.137 e. The molecule has 0 aliphatic rings. The molecule has 2 heteroatoms. The monoisotopic (exact) mass is 233 g/mol. The van der Waals surface area contributed by atoms with Crippen molar-refractivity contribution in [2.45, 2.75) is 53.4 Å². The summed E-state index contributed by atoms with van der Waals surface area (Å²) in [4.78, 5) is 0. The fourth-order valence-corrected chi connectivity index (χ4v) is 1.69. The van der Waals surface area contributed by atoms with Crippen molar-refractivity contribution in [1.82, 2.24) is 5.16 Å². The molecule has 0 unspecified atom stereocenters. The predicted octanol–water partition coefficient (Wildman–Crippen LogP) is 4.61. The van der Waals surface area contributed by atoms with E-state index in [1.165, 1.54) is 11.1 Å². The molecule has 0 N–H and O–H groups in total. The van der Waals surface area contributed by atoms with Gasteiger partial charge in [0.25, 0.3) is 0 Å². The molecule has 0 spiro atoms. The molecule has 0 aromatic carbocycles. The van der Waals surface area contributed by atoms with Gasteiger partial charge in [-0.05, 0) is 47.0 Å². The summed E-state index contributed by atoms with van der Waals surface area (Å²) in [5.41, 5.74) is 3.82. The molecule has 0 saturated carbocycles. The zero-order chi connectivity index (χ0) is 12.7. The van der Waals surface area contributed by atoms with Gasteiger partial charge in [-0.2, -0.15) is 0 Å². The van der Waals surface area contributed by atoms with Crippen molar-refractivity contribution in [1.29, 1.82) is 0 Å². The number of allylic oxidation sites excluding steroid dienone is 4. The largest absolute Gasteiger partial charge is 0.361 e. The minimum atomic E-state index is 0.945. The van der Waals surface area contributed by atoms with Crippen LogP contribution in [0.5, 0.6) is 0 Å². The second-order valence-corrected chi connectivity index (χ2v) is 4.84. The van der Waals surface area contributed by atoms with E-state index in [4.69, 9.17) is 4.52 Å². The van der Waals surface area contributed by atoms with Gasteiger partial charge in [-0.3, -0.25) is 0 Å². The minimum absolute atomic E-state index is 0.945. The molecule has 0 amide bonds. The molecule has 0 aliphatic heterocycles. The zero-order valence-electron chi connectivity index (χ0n) is 11.4. The van der Waals surface area contributed by atoms with E-state index in [1.807, 2.05) is 13.0 Å². The third-order valence-electron chi connectivity index (χ3n) is 2.65. The average molecular weight is 233 g/mol. The van der Waals surface area contributed by atoms with Crippen molar-refractivity contribution in [3.8, 4) is 0 Å². The van der Waals surface area contributed by atoms with E-state index in [0.717, 1.165) is 37.1 Å². The lowest BCUT2D eigenvalue weighted by molar-refractivity contribution is 0.380. The Kier molecular flexibility index (Phi) is 5.75. The van der Waals surface area contributed by atoms with Crippen molar-refractivity contribution in [2.75, 3.05) is 0 Å². The van der Waals surface area contributed by atoms with E-state index >= 15 is 0 Å². The third kappa shape index (κ3) is 6.10. The lowest BCUT2D eigenvalue weighted by Crippen LogP contribution is -1.82. The fourth-order valence-electron chi connectivity index (χ4n) is 1.69. The van der Waals surface area contributed by atoms with Crippen LogP contribution in [0, 0.1) is 6.92 Å². The number of aromatic nitrogens is 1. The molecule has 0 aliphatic carbocycles. The maximum absolute atomic E-state index is 5.17. The van der Waals surface area contributed by atoms with E-state index in [-0.39, 0.29) is 0 Å². The van der Waals surface area contributed by atoms with Crippen LogP contribution < -0.4 is 0 Å². The molecule has 0 saturated heterocycles. The van der Waals surface area contributed by atoms with E-state index in [2.05, 4.69) is 38.1 Å². The molecule has 0 radical (unpaired) electrons. The number of hydrogen-bond acceptors (Lipinski definition) is 2. The molecule has 94 valence electrons. The summed E-state index contributed by atoms with van der Waals surface area (Å²) in [7, 11) is 0. The highest BCUT2D eigenvalue weighted by Gasteiger charge is 1.98. The summed E-state index contributed by atoms with van der Waals surface area (Å²) >= 11 is 0. The van der Waals surface area contributed by atoms with Crippen molar-refractivity contribution in [2.24, 2.45) is 0 Å². The molecule has 0 atom stereocenters. The van der Waals surface area contributed by atoms with E-state index in [1.54, 1.807) is 0 Å². The molecule has 0 fully saturated rings. The number of hydrogen-bond donors (Lipinski definition) is 0. The van der Waals surface area contributed by atoms with Crippen LogP contribution >= 0.6 is 0 Å². The number of rotatable bonds is 6. The van der Waals surface area contributed by atoms with Gasteiger partial charge in [0.05, 0.1) is 5.69 Å². The SMILES string of the molecule is CC(C)=CCC/C(C)=C/CCc1cc(C)no1. The van der Waals surface area contributed by atoms with E-state index < -0.39 is 0 Å². The lowest BCUT2D eigenvalue weighted by Gasteiger charge is -1.98. The zero-order valence-corrected chi connectivity index (χ0v) is 11.4. The molecular weight excluding hydrogens is 210 g/mol. The fraction of sp³-hybridized carbons (Fsp3) is 0.533. The summed E-state index contributed by atoms with van der Waals surface area (Å²) in [5.74, 6) is 0.982. The van der Waals surface area contributed by atoms with Crippen LogP contribution in [0.1, 0.15) is 51.5 Å². The van der Waals surface area contributed by atoms with Gasteiger partial charge >= 0.3 is 0 Å². The highest BCUT2D eigenvalue weighted by Crippen LogP contribution is 2.10. The van der Waals surface area contributed by atoms with Crippen LogP contribution in [-0.2, 0) is 6.42 Å². The normalized spacial score (nSPS) is 11.6. The summed E-state index contributed by atoms with van der Waals surface area (Å²) < 4.78 is 5.17. The smallest absolute Gasteiger partial charge is 0.137 e. The second-order valence-electron chi connectivity index (χ2n) is 4.84. The molecule has 1 aromatic heterocycles.